The van der Waals surface area contributed by atoms with Crippen molar-refractivity contribution in [2.24, 2.45) is 0 Å². The first-order valence-corrected chi connectivity index (χ1v) is 0.816. The first-order chi connectivity index (χ1) is 2.83. The van der Waals surface area contributed by atoms with Gasteiger partial charge in [0.25, 0.3) is 0 Å². The predicted molar refractivity (Wildman–Crippen MR) is 29.2 cm³/mol. The monoisotopic (exact) mass is 329 g/mol. The van der Waals surface area contributed by atoms with Gasteiger partial charge in [-0.15, -0.1) is 0 Å². The van der Waals surface area contributed by atoms with Gasteiger partial charge in [0.2, 0.25) is 0 Å². The fourth-order valence-corrected chi connectivity index (χ4v) is 0. The average Bonchev–Trinajstić information content (AvgIpc) is 1.39. The van der Waals surface area contributed by atoms with Crippen LogP contribution in [0.5, 0.6) is 0 Å². The maximum absolute atomic E-state index is 8.12. The van der Waals surface area contributed by atoms with Crippen LogP contribution in [0.15, 0.2) is 0 Å². The fourth-order valence-electron chi connectivity index (χ4n) is 0. The SMILES string of the molecule is C.C.O=C=O.O=C=O.[Bi]. The summed E-state index contributed by atoms with van der Waals surface area (Å²) < 4.78 is 0. The quantitative estimate of drug-likeness (QED) is 0.574. The van der Waals surface area contributed by atoms with E-state index in [4.69, 9.17) is 19.2 Å². The molecule has 3 radical (unpaired) electrons. The first-order valence-electron chi connectivity index (χ1n) is 0.816. The molecule has 0 saturated heterocycles. The number of hydrogen-bond acceptors (Lipinski definition) is 4. The van der Waals surface area contributed by atoms with E-state index in [2.05, 4.69) is 0 Å². The van der Waals surface area contributed by atoms with Gasteiger partial charge in [0, 0.05) is 26.2 Å². The zero-order valence-corrected chi connectivity index (χ0v) is 6.56. The molecule has 0 fully saturated rings. The minimum Gasteiger partial charge on any atom is -0.186 e. The molecule has 0 rings (SSSR count). The molecule has 0 aromatic rings. The molecule has 0 unspecified atom stereocenters. The Hall–Kier alpha value is -0.357. The first kappa shape index (κ1) is 38.0. The maximum atomic E-state index is 8.12. The van der Waals surface area contributed by atoms with Gasteiger partial charge in [-0.05, 0) is 0 Å². The van der Waals surface area contributed by atoms with Gasteiger partial charge in [-0.1, -0.05) is 14.9 Å². The molecule has 0 aromatic carbocycles. The Morgan fingerprint density at radius 3 is 0.667 bits per heavy atom. The summed E-state index contributed by atoms with van der Waals surface area (Å²) in [5.41, 5.74) is 0. The second-order valence-corrected chi connectivity index (χ2v) is 0.167. The minimum absolute atomic E-state index is 0. The van der Waals surface area contributed by atoms with E-state index in [9.17, 15) is 0 Å². The molecule has 0 amide bonds. The Kier molecular flexibility index (Phi) is 528. The Labute approximate surface area is 72.7 Å². The van der Waals surface area contributed by atoms with Crippen LogP contribution in [0, 0.1) is 0 Å². The molecule has 53 valence electrons. The molecule has 0 spiro atoms. The van der Waals surface area contributed by atoms with E-state index in [-0.39, 0.29) is 53.4 Å². The second kappa shape index (κ2) is 125. The summed E-state index contributed by atoms with van der Waals surface area (Å²) in [7, 11) is 0. The Morgan fingerprint density at radius 1 is 0.667 bits per heavy atom. The topological polar surface area (TPSA) is 68.3 Å². The third-order valence-electron chi connectivity index (χ3n) is 0. The molecular weight excluding hydrogens is 321 g/mol. The van der Waals surface area contributed by atoms with Crippen molar-refractivity contribution < 1.29 is 19.2 Å². The van der Waals surface area contributed by atoms with Crippen molar-refractivity contribution in [2.45, 2.75) is 14.9 Å². The van der Waals surface area contributed by atoms with E-state index in [1.54, 1.807) is 0 Å². The van der Waals surface area contributed by atoms with Crippen LogP contribution in [0.2, 0.25) is 0 Å². The molecular formula is C4H8BiO4. The molecule has 0 bridgehead atoms. The van der Waals surface area contributed by atoms with Crippen LogP contribution in [0.4, 0.5) is 0 Å². The zero-order chi connectivity index (χ0) is 5.41. The van der Waals surface area contributed by atoms with Gasteiger partial charge in [-0.2, -0.15) is 19.2 Å². The molecule has 0 aliphatic heterocycles. The zero-order valence-electron chi connectivity index (χ0n) is 3.08. The van der Waals surface area contributed by atoms with Crippen LogP contribution in [-0.4, -0.2) is 38.5 Å². The summed E-state index contributed by atoms with van der Waals surface area (Å²) in [6.45, 7) is 0. The molecule has 0 aliphatic rings. The normalized spacial score (nSPS) is 1.78. The van der Waals surface area contributed by atoms with E-state index in [1.165, 1.54) is 0 Å². The van der Waals surface area contributed by atoms with Crippen molar-refractivity contribution in [3.05, 3.63) is 0 Å². The van der Waals surface area contributed by atoms with Gasteiger partial charge in [-0.25, -0.2) is 0 Å². The summed E-state index contributed by atoms with van der Waals surface area (Å²) in [6, 6.07) is 0. The van der Waals surface area contributed by atoms with Crippen LogP contribution in [0.1, 0.15) is 14.9 Å². The summed E-state index contributed by atoms with van der Waals surface area (Å²) in [5.74, 6) is 0. The van der Waals surface area contributed by atoms with Crippen molar-refractivity contribution in [1.29, 1.82) is 0 Å². The predicted octanol–water partition coefficient (Wildman–Crippen LogP) is -0.276. The molecule has 4 nitrogen and oxygen atoms in total. The molecule has 0 aliphatic carbocycles. The number of rotatable bonds is 0. The summed E-state index contributed by atoms with van der Waals surface area (Å²) in [4.78, 5) is 32.5. The Bertz CT molecular complexity index is 66.6. The molecule has 0 heterocycles. The van der Waals surface area contributed by atoms with Gasteiger partial charge in [0.15, 0.2) is 0 Å². The molecule has 0 aromatic heterocycles. The minimum atomic E-state index is 0. The largest absolute Gasteiger partial charge is 0.373 e. The third-order valence-corrected chi connectivity index (χ3v) is 0. The summed E-state index contributed by atoms with van der Waals surface area (Å²) in [5, 5.41) is 0. The smallest absolute Gasteiger partial charge is 0.186 e. The van der Waals surface area contributed by atoms with Crippen molar-refractivity contribution in [3.8, 4) is 0 Å². The van der Waals surface area contributed by atoms with E-state index >= 15 is 0 Å². The van der Waals surface area contributed by atoms with Crippen LogP contribution in [-0.2, 0) is 19.2 Å². The van der Waals surface area contributed by atoms with E-state index < -0.39 is 0 Å². The third kappa shape index (κ3) is 1910. The molecule has 5 heteroatoms. The summed E-state index contributed by atoms with van der Waals surface area (Å²) in [6.07, 6.45) is 0.500. The van der Waals surface area contributed by atoms with Gasteiger partial charge in [-0.3, -0.25) is 0 Å². The standard InChI is InChI=1S/2CO2.2CH4.Bi/c2*2-1-3;;;/h;;2*1H4;. The molecule has 9 heavy (non-hydrogen) atoms. The van der Waals surface area contributed by atoms with Gasteiger partial charge >= 0.3 is 12.3 Å². The van der Waals surface area contributed by atoms with Gasteiger partial charge < -0.3 is 0 Å². The Morgan fingerprint density at radius 2 is 0.667 bits per heavy atom. The summed E-state index contributed by atoms with van der Waals surface area (Å²) >= 11 is 0. The van der Waals surface area contributed by atoms with Crippen molar-refractivity contribution >= 4 is 38.5 Å². The Balaban J connectivity index is -0.00000000889. The average molecular weight is 329 g/mol. The number of carbonyl (C=O) groups excluding carboxylic acids is 4. The van der Waals surface area contributed by atoms with Crippen LogP contribution in [0.3, 0.4) is 0 Å². The van der Waals surface area contributed by atoms with E-state index in [1.807, 2.05) is 0 Å². The van der Waals surface area contributed by atoms with Crippen LogP contribution >= 0.6 is 0 Å². The molecule has 0 saturated carbocycles. The molecule has 0 N–H and O–H groups in total. The van der Waals surface area contributed by atoms with Crippen molar-refractivity contribution in [1.82, 2.24) is 0 Å². The number of hydrogen-bond donors (Lipinski definition) is 0. The van der Waals surface area contributed by atoms with Crippen LogP contribution < -0.4 is 0 Å². The van der Waals surface area contributed by atoms with Gasteiger partial charge in [0.1, 0.15) is 0 Å². The maximum Gasteiger partial charge on any atom is 0.373 e. The van der Waals surface area contributed by atoms with Crippen molar-refractivity contribution in [3.63, 3.8) is 0 Å². The van der Waals surface area contributed by atoms with Crippen LogP contribution in [0.25, 0.3) is 0 Å². The van der Waals surface area contributed by atoms with E-state index in [0.29, 0.717) is 0 Å². The molecule has 0 atom stereocenters. The van der Waals surface area contributed by atoms with Crippen molar-refractivity contribution in [2.75, 3.05) is 0 Å². The van der Waals surface area contributed by atoms with Gasteiger partial charge in [0.05, 0.1) is 0 Å². The second-order valence-electron chi connectivity index (χ2n) is 0.167. The fraction of sp³-hybridized carbons (Fsp3) is 0.500. The van der Waals surface area contributed by atoms with E-state index in [0.717, 1.165) is 0 Å².